The van der Waals surface area contributed by atoms with Crippen molar-refractivity contribution in [2.75, 3.05) is 5.75 Å². The summed E-state index contributed by atoms with van der Waals surface area (Å²) in [5, 5.41) is 2.31. The largest absolute Gasteiger partial charge is 0.133 e. The first-order valence-corrected chi connectivity index (χ1v) is 6.92. The average Bonchev–Trinajstić information content (AvgIpc) is 2.90. The number of benzene rings is 2. The Morgan fingerprint density at radius 3 is 2.18 bits per heavy atom. The molecule has 84 valence electrons. The zero-order valence-corrected chi connectivity index (χ0v) is 10.4. The van der Waals surface area contributed by atoms with Gasteiger partial charge in [0, 0.05) is 11.7 Å². The summed E-state index contributed by atoms with van der Waals surface area (Å²) < 4.78 is 0. The molecular weight excluding hydrogens is 224 g/mol. The molecule has 1 atom stereocenters. The summed E-state index contributed by atoms with van der Waals surface area (Å²) in [6.45, 7) is 0. The zero-order valence-electron chi connectivity index (χ0n) is 9.54. The quantitative estimate of drug-likeness (QED) is 0.739. The third-order valence-electron chi connectivity index (χ3n) is 3.16. The average molecular weight is 238 g/mol. The van der Waals surface area contributed by atoms with E-state index in [1.165, 1.54) is 16.7 Å². The van der Waals surface area contributed by atoms with Gasteiger partial charge >= 0.3 is 0 Å². The highest BCUT2D eigenvalue weighted by atomic mass is 32.2. The molecule has 17 heavy (non-hydrogen) atoms. The minimum absolute atomic E-state index is 0.545. The molecule has 0 bridgehead atoms. The summed E-state index contributed by atoms with van der Waals surface area (Å²) in [6, 6.07) is 21.5. The van der Waals surface area contributed by atoms with Crippen molar-refractivity contribution in [3.05, 3.63) is 77.2 Å². The highest BCUT2D eigenvalue weighted by molar-refractivity contribution is 8.02. The van der Waals surface area contributed by atoms with Crippen molar-refractivity contribution in [1.29, 1.82) is 0 Å². The fourth-order valence-corrected chi connectivity index (χ4v) is 3.41. The number of allylic oxidation sites excluding steroid dienone is 1. The molecule has 3 rings (SSSR count). The third-order valence-corrected chi connectivity index (χ3v) is 4.10. The Morgan fingerprint density at radius 2 is 1.47 bits per heavy atom. The van der Waals surface area contributed by atoms with Crippen LogP contribution in [0.4, 0.5) is 0 Å². The van der Waals surface area contributed by atoms with Crippen molar-refractivity contribution in [2.45, 2.75) is 5.92 Å². The second-order valence-corrected chi connectivity index (χ2v) is 5.14. The molecule has 1 heteroatoms. The highest BCUT2D eigenvalue weighted by Crippen LogP contribution is 2.41. The topological polar surface area (TPSA) is 0 Å². The van der Waals surface area contributed by atoms with Gasteiger partial charge in [0.05, 0.1) is 0 Å². The van der Waals surface area contributed by atoms with Gasteiger partial charge in [-0.2, -0.15) is 0 Å². The van der Waals surface area contributed by atoms with Crippen LogP contribution in [0.5, 0.6) is 0 Å². The van der Waals surface area contributed by atoms with Crippen LogP contribution >= 0.6 is 11.8 Å². The predicted octanol–water partition coefficient (Wildman–Crippen LogP) is 4.56. The van der Waals surface area contributed by atoms with E-state index in [2.05, 4.69) is 66.1 Å². The fraction of sp³-hybridized carbons (Fsp3) is 0.125. The van der Waals surface area contributed by atoms with Gasteiger partial charge in [-0.1, -0.05) is 60.7 Å². The molecular formula is C16H14S. The molecule has 2 aromatic rings. The van der Waals surface area contributed by atoms with Crippen LogP contribution < -0.4 is 0 Å². The minimum Gasteiger partial charge on any atom is -0.133 e. The first-order valence-electron chi connectivity index (χ1n) is 5.87. The molecule has 1 aliphatic heterocycles. The van der Waals surface area contributed by atoms with Gasteiger partial charge in [-0.05, 0) is 22.1 Å². The molecule has 0 N–H and O–H groups in total. The van der Waals surface area contributed by atoms with Crippen molar-refractivity contribution in [1.82, 2.24) is 0 Å². The standard InChI is InChI=1S/C16H14S/c1-3-7-13(8-4-1)15-11-17-12-16(15)14-9-5-2-6-10-14/h1-11,16H,12H2. The predicted molar refractivity (Wildman–Crippen MR) is 76.1 cm³/mol. The Kier molecular flexibility index (Phi) is 3.02. The molecule has 2 aromatic carbocycles. The Labute approximate surface area is 106 Å². The summed E-state index contributed by atoms with van der Waals surface area (Å²) in [7, 11) is 0. The van der Waals surface area contributed by atoms with Gasteiger partial charge in [0.15, 0.2) is 0 Å². The summed E-state index contributed by atoms with van der Waals surface area (Å²) in [5.41, 5.74) is 4.24. The van der Waals surface area contributed by atoms with Gasteiger partial charge in [-0.3, -0.25) is 0 Å². The molecule has 1 unspecified atom stereocenters. The number of hydrogen-bond acceptors (Lipinski definition) is 1. The lowest BCUT2D eigenvalue weighted by Gasteiger charge is -2.14. The Morgan fingerprint density at radius 1 is 0.824 bits per heavy atom. The van der Waals surface area contributed by atoms with Crippen LogP contribution in [0.25, 0.3) is 5.57 Å². The zero-order chi connectivity index (χ0) is 11.5. The summed E-state index contributed by atoms with van der Waals surface area (Å²) >= 11 is 1.92. The first-order chi connectivity index (χ1) is 8.45. The van der Waals surface area contributed by atoms with Gasteiger partial charge in [0.2, 0.25) is 0 Å². The molecule has 0 aromatic heterocycles. The van der Waals surface area contributed by atoms with E-state index >= 15 is 0 Å². The van der Waals surface area contributed by atoms with Crippen LogP contribution in [0.3, 0.4) is 0 Å². The van der Waals surface area contributed by atoms with E-state index in [1.807, 2.05) is 11.8 Å². The van der Waals surface area contributed by atoms with Crippen molar-refractivity contribution in [3.63, 3.8) is 0 Å². The lowest BCUT2D eigenvalue weighted by atomic mass is 9.89. The summed E-state index contributed by atoms with van der Waals surface area (Å²) in [5.74, 6) is 1.71. The number of thioether (sulfide) groups is 1. The summed E-state index contributed by atoms with van der Waals surface area (Å²) in [4.78, 5) is 0. The highest BCUT2D eigenvalue weighted by Gasteiger charge is 2.22. The minimum atomic E-state index is 0.545. The van der Waals surface area contributed by atoms with Gasteiger partial charge in [-0.15, -0.1) is 11.8 Å². The van der Waals surface area contributed by atoms with E-state index in [0.29, 0.717) is 5.92 Å². The molecule has 0 spiro atoms. The lowest BCUT2D eigenvalue weighted by Crippen LogP contribution is -2.00. The Hall–Kier alpha value is -1.47. The molecule has 0 radical (unpaired) electrons. The van der Waals surface area contributed by atoms with Gasteiger partial charge in [0.1, 0.15) is 0 Å². The second-order valence-electron chi connectivity index (χ2n) is 4.24. The van der Waals surface area contributed by atoms with Crippen LogP contribution in [0.2, 0.25) is 0 Å². The Bertz CT molecular complexity index is 514. The first kappa shape index (κ1) is 10.7. The van der Waals surface area contributed by atoms with Crippen molar-refractivity contribution in [3.8, 4) is 0 Å². The molecule has 0 fully saturated rings. The molecule has 1 aliphatic rings. The van der Waals surface area contributed by atoms with Crippen LogP contribution in [-0.4, -0.2) is 5.75 Å². The lowest BCUT2D eigenvalue weighted by molar-refractivity contribution is 1.02. The van der Waals surface area contributed by atoms with E-state index in [9.17, 15) is 0 Å². The van der Waals surface area contributed by atoms with E-state index in [0.717, 1.165) is 5.75 Å². The van der Waals surface area contributed by atoms with Gasteiger partial charge in [0.25, 0.3) is 0 Å². The van der Waals surface area contributed by atoms with Crippen LogP contribution in [0, 0.1) is 0 Å². The van der Waals surface area contributed by atoms with E-state index in [1.54, 1.807) is 0 Å². The van der Waals surface area contributed by atoms with Gasteiger partial charge < -0.3 is 0 Å². The van der Waals surface area contributed by atoms with Crippen molar-refractivity contribution in [2.24, 2.45) is 0 Å². The molecule has 0 saturated heterocycles. The van der Waals surface area contributed by atoms with Crippen LogP contribution in [-0.2, 0) is 0 Å². The molecule has 1 heterocycles. The van der Waals surface area contributed by atoms with Crippen molar-refractivity contribution >= 4 is 17.3 Å². The summed E-state index contributed by atoms with van der Waals surface area (Å²) in [6.07, 6.45) is 0. The van der Waals surface area contributed by atoms with Crippen molar-refractivity contribution < 1.29 is 0 Å². The van der Waals surface area contributed by atoms with Gasteiger partial charge in [-0.25, -0.2) is 0 Å². The molecule has 0 saturated carbocycles. The normalized spacial score (nSPS) is 19.1. The van der Waals surface area contributed by atoms with E-state index in [-0.39, 0.29) is 0 Å². The molecule has 0 nitrogen and oxygen atoms in total. The maximum Gasteiger partial charge on any atom is 0.0194 e. The maximum atomic E-state index is 2.31. The number of hydrogen-bond donors (Lipinski definition) is 0. The van der Waals surface area contributed by atoms with Crippen LogP contribution in [0.15, 0.2) is 66.1 Å². The smallest absolute Gasteiger partial charge is 0.0194 e. The van der Waals surface area contributed by atoms with E-state index in [4.69, 9.17) is 0 Å². The van der Waals surface area contributed by atoms with Crippen LogP contribution in [0.1, 0.15) is 17.0 Å². The fourth-order valence-electron chi connectivity index (χ4n) is 2.27. The number of rotatable bonds is 2. The third kappa shape index (κ3) is 2.16. The van der Waals surface area contributed by atoms with E-state index < -0.39 is 0 Å². The SMILES string of the molecule is C1=C(c2ccccc2)C(c2ccccc2)CS1. The monoisotopic (exact) mass is 238 g/mol. The second kappa shape index (κ2) is 4.80. The maximum absolute atomic E-state index is 2.31. The molecule has 0 amide bonds. The molecule has 0 aliphatic carbocycles. The Balaban J connectivity index is 1.96.